The molecule has 15 heavy (non-hydrogen) atoms. The molecule has 0 saturated heterocycles. The molecule has 1 heterocycles. The van der Waals surface area contributed by atoms with Gasteiger partial charge in [0.15, 0.2) is 0 Å². The van der Waals surface area contributed by atoms with Gasteiger partial charge in [0.05, 0.1) is 5.52 Å². The number of benzene rings is 1. The Bertz CT molecular complexity index is 506. The van der Waals surface area contributed by atoms with Crippen molar-refractivity contribution in [3.8, 4) is 0 Å². The van der Waals surface area contributed by atoms with Crippen LogP contribution in [0.4, 0.5) is 0 Å². The fourth-order valence-electron chi connectivity index (χ4n) is 1.74. The predicted molar refractivity (Wildman–Crippen MR) is 66.8 cm³/mol. The molecular formula is C12H13BrN2. The molecule has 0 saturated carbocycles. The van der Waals surface area contributed by atoms with Crippen molar-refractivity contribution in [1.82, 2.24) is 4.98 Å². The van der Waals surface area contributed by atoms with E-state index in [1.54, 1.807) is 0 Å². The SMILES string of the molecule is Cc1cc(C(C)N)c2cc(Br)ccc2n1. The first kappa shape index (κ1) is 10.6. The van der Waals surface area contributed by atoms with Crippen LogP contribution in [0, 0.1) is 6.92 Å². The van der Waals surface area contributed by atoms with Crippen LogP contribution in [0.2, 0.25) is 0 Å². The molecule has 2 N–H and O–H groups in total. The van der Waals surface area contributed by atoms with Gasteiger partial charge < -0.3 is 5.73 Å². The van der Waals surface area contributed by atoms with Gasteiger partial charge in [0.2, 0.25) is 0 Å². The number of rotatable bonds is 1. The van der Waals surface area contributed by atoms with E-state index in [1.165, 1.54) is 0 Å². The van der Waals surface area contributed by atoms with E-state index >= 15 is 0 Å². The molecule has 0 aliphatic rings. The highest BCUT2D eigenvalue weighted by Crippen LogP contribution is 2.25. The molecule has 0 spiro atoms. The van der Waals surface area contributed by atoms with Crippen LogP contribution < -0.4 is 5.73 Å². The van der Waals surface area contributed by atoms with E-state index in [0.717, 1.165) is 26.6 Å². The zero-order valence-electron chi connectivity index (χ0n) is 8.79. The van der Waals surface area contributed by atoms with E-state index < -0.39 is 0 Å². The minimum atomic E-state index is 0.0310. The predicted octanol–water partition coefficient (Wildman–Crippen LogP) is 3.33. The van der Waals surface area contributed by atoms with Crippen LogP contribution in [-0.2, 0) is 0 Å². The summed E-state index contributed by atoms with van der Waals surface area (Å²) in [7, 11) is 0. The van der Waals surface area contributed by atoms with Crippen molar-refractivity contribution in [2.24, 2.45) is 5.73 Å². The summed E-state index contributed by atoms with van der Waals surface area (Å²) in [4.78, 5) is 4.48. The number of halogens is 1. The van der Waals surface area contributed by atoms with Gasteiger partial charge in [0, 0.05) is 21.6 Å². The fraction of sp³-hybridized carbons (Fsp3) is 0.250. The second-order valence-corrected chi connectivity index (χ2v) is 4.72. The maximum absolute atomic E-state index is 5.96. The normalized spacial score (nSPS) is 13.1. The summed E-state index contributed by atoms with van der Waals surface area (Å²) < 4.78 is 1.06. The maximum Gasteiger partial charge on any atom is 0.0709 e. The zero-order chi connectivity index (χ0) is 11.0. The third-order valence-corrected chi connectivity index (χ3v) is 2.91. The lowest BCUT2D eigenvalue weighted by atomic mass is 10.0. The lowest BCUT2D eigenvalue weighted by Gasteiger charge is -2.11. The Morgan fingerprint density at radius 3 is 2.73 bits per heavy atom. The zero-order valence-corrected chi connectivity index (χ0v) is 10.4. The van der Waals surface area contributed by atoms with Crippen molar-refractivity contribution >= 4 is 26.8 Å². The van der Waals surface area contributed by atoms with Crippen molar-refractivity contribution in [2.75, 3.05) is 0 Å². The van der Waals surface area contributed by atoms with Gasteiger partial charge >= 0.3 is 0 Å². The molecule has 0 amide bonds. The summed E-state index contributed by atoms with van der Waals surface area (Å²) in [5, 5.41) is 1.13. The largest absolute Gasteiger partial charge is 0.324 e. The van der Waals surface area contributed by atoms with Gasteiger partial charge in [-0.25, -0.2) is 0 Å². The lowest BCUT2D eigenvalue weighted by Crippen LogP contribution is -2.06. The van der Waals surface area contributed by atoms with Crippen LogP contribution in [0.15, 0.2) is 28.7 Å². The highest BCUT2D eigenvalue weighted by Gasteiger charge is 2.07. The molecular weight excluding hydrogens is 252 g/mol. The Morgan fingerprint density at radius 1 is 1.33 bits per heavy atom. The van der Waals surface area contributed by atoms with Crippen molar-refractivity contribution < 1.29 is 0 Å². The molecule has 1 aromatic carbocycles. The van der Waals surface area contributed by atoms with E-state index in [2.05, 4.69) is 33.0 Å². The average molecular weight is 265 g/mol. The Labute approximate surface area is 97.6 Å². The van der Waals surface area contributed by atoms with Gasteiger partial charge in [-0.2, -0.15) is 0 Å². The number of hydrogen-bond acceptors (Lipinski definition) is 2. The Balaban J connectivity index is 2.81. The van der Waals surface area contributed by atoms with Crippen LogP contribution >= 0.6 is 15.9 Å². The molecule has 1 aromatic heterocycles. The smallest absolute Gasteiger partial charge is 0.0709 e. The Morgan fingerprint density at radius 2 is 2.07 bits per heavy atom. The first-order valence-corrected chi connectivity index (χ1v) is 5.69. The van der Waals surface area contributed by atoms with Gasteiger partial charge in [0.1, 0.15) is 0 Å². The number of fused-ring (bicyclic) bond motifs is 1. The number of nitrogens with two attached hydrogens (primary N) is 1. The lowest BCUT2D eigenvalue weighted by molar-refractivity contribution is 0.823. The van der Waals surface area contributed by atoms with E-state index in [4.69, 9.17) is 5.73 Å². The van der Waals surface area contributed by atoms with E-state index in [9.17, 15) is 0 Å². The van der Waals surface area contributed by atoms with Crippen LogP contribution in [0.3, 0.4) is 0 Å². The molecule has 0 aliphatic carbocycles. The van der Waals surface area contributed by atoms with Crippen molar-refractivity contribution in [3.63, 3.8) is 0 Å². The number of hydrogen-bond donors (Lipinski definition) is 1. The molecule has 2 rings (SSSR count). The molecule has 2 nitrogen and oxygen atoms in total. The van der Waals surface area contributed by atoms with Gasteiger partial charge in [-0.1, -0.05) is 15.9 Å². The molecule has 3 heteroatoms. The number of nitrogens with zero attached hydrogens (tertiary/aromatic N) is 1. The second kappa shape index (κ2) is 3.91. The van der Waals surface area contributed by atoms with Gasteiger partial charge in [-0.05, 0) is 43.7 Å². The Kier molecular flexibility index (Phi) is 2.76. The minimum Gasteiger partial charge on any atom is -0.324 e. The van der Waals surface area contributed by atoms with Crippen molar-refractivity contribution in [3.05, 3.63) is 40.0 Å². The molecule has 78 valence electrons. The quantitative estimate of drug-likeness (QED) is 0.859. The van der Waals surface area contributed by atoms with E-state index in [1.807, 2.05) is 26.0 Å². The average Bonchev–Trinajstić information content (AvgIpc) is 2.17. The summed E-state index contributed by atoms with van der Waals surface area (Å²) >= 11 is 3.47. The Hall–Kier alpha value is -0.930. The monoisotopic (exact) mass is 264 g/mol. The van der Waals surface area contributed by atoms with E-state index in [-0.39, 0.29) is 6.04 Å². The number of aromatic nitrogens is 1. The fourth-order valence-corrected chi connectivity index (χ4v) is 2.10. The third kappa shape index (κ3) is 2.03. The van der Waals surface area contributed by atoms with Gasteiger partial charge in [-0.15, -0.1) is 0 Å². The molecule has 0 fully saturated rings. The number of pyridine rings is 1. The summed E-state index contributed by atoms with van der Waals surface area (Å²) in [5.41, 5.74) is 9.12. The van der Waals surface area contributed by atoms with Crippen LogP contribution in [0.25, 0.3) is 10.9 Å². The van der Waals surface area contributed by atoms with Gasteiger partial charge in [0.25, 0.3) is 0 Å². The van der Waals surface area contributed by atoms with Crippen LogP contribution in [0.1, 0.15) is 24.2 Å². The molecule has 0 radical (unpaired) electrons. The van der Waals surface area contributed by atoms with Crippen molar-refractivity contribution in [2.45, 2.75) is 19.9 Å². The highest BCUT2D eigenvalue weighted by molar-refractivity contribution is 9.10. The highest BCUT2D eigenvalue weighted by atomic mass is 79.9. The molecule has 0 aliphatic heterocycles. The summed E-state index contributed by atoms with van der Waals surface area (Å²) in [5.74, 6) is 0. The van der Waals surface area contributed by atoms with Crippen LogP contribution in [-0.4, -0.2) is 4.98 Å². The maximum atomic E-state index is 5.96. The summed E-state index contributed by atoms with van der Waals surface area (Å²) in [6.45, 7) is 3.99. The second-order valence-electron chi connectivity index (χ2n) is 3.80. The van der Waals surface area contributed by atoms with Gasteiger partial charge in [-0.3, -0.25) is 4.98 Å². The first-order valence-electron chi connectivity index (χ1n) is 4.90. The van der Waals surface area contributed by atoms with Crippen LogP contribution in [0.5, 0.6) is 0 Å². The third-order valence-electron chi connectivity index (χ3n) is 2.42. The molecule has 0 bridgehead atoms. The first-order chi connectivity index (χ1) is 7.08. The number of aryl methyl sites for hydroxylation is 1. The topological polar surface area (TPSA) is 38.9 Å². The van der Waals surface area contributed by atoms with E-state index in [0.29, 0.717) is 0 Å². The summed E-state index contributed by atoms with van der Waals surface area (Å²) in [6.07, 6.45) is 0. The standard InChI is InChI=1S/C12H13BrN2/c1-7-5-10(8(2)14)11-6-9(13)3-4-12(11)15-7/h3-6,8H,14H2,1-2H3. The molecule has 1 unspecified atom stereocenters. The van der Waals surface area contributed by atoms with Crippen molar-refractivity contribution in [1.29, 1.82) is 0 Å². The summed E-state index contributed by atoms with van der Waals surface area (Å²) in [6, 6.07) is 8.17. The minimum absolute atomic E-state index is 0.0310. The molecule has 1 atom stereocenters. The molecule has 2 aromatic rings.